The quantitative estimate of drug-likeness (QED) is 0.448. The molecule has 1 aliphatic rings. The summed E-state index contributed by atoms with van der Waals surface area (Å²) in [6, 6.07) is 7.40. The number of carbonyl (C=O) groups excluding carboxylic acids is 3. The number of hydrogen-bond donors (Lipinski definition) is 1. The van der Waals surface area contributed by atoms with Crippen LogP contribution in [0.2, 0.25) is 0 Å². The Hall–Kier alpha value is -2.39. The number of nitrogens with one attached hydrogen (secondary N) is 1. The highest BCUT2D eigenvalue weighted by molar-refractivity contribution is 9.10. The van der Waals surface area contributed by atoms with E-state index in [2.05, 4.69) is 21.2 Å². The minimum atomic E-state index is -0.647. The van der Waals surface area contributed by atoms with Gasteiger partial charge < -0.3 is 19.5 Å². The van der Waals surface area contributed by atoms with Crippen molar-refractivity contribution in [3.8, 4) is 16.2 Å². The lowest BCUT2D eigenvalue weighted by Crippen LogP contribution is -2.27. The Balaban J connectivity index is 1.85. The standard InChI is InChI=1S/C24H28BrNO6S/c1-24(2,3)32-17(27)13-31-19-18(25)20(33-21(19)23(29)30-4)15-10-7-11-16(12-15)26-22(28)14-8-5-6-9-14/h7,10-12,14H,5-6,8-9,13H2,1-4H3,(H,26,28). The highest BCUT2D eigenvalue weighted by atomic mass is 79.9. The van der Waals surface area contributed by atoms with E-state index in [1.54, 1.807) is 20.8 Å². The van der Waals surface area contributed by atoms with Crippen LogP contribution in [-0.4, -0.2) is 37.2 Å². The zero-order chi connectivity index (χ0) is 24.2. The van der Waals surface area contributed by atoms with Crippen molar-refractivity contribution in [2.45, 2.75) is 52.1 Å². The van der Waals surface area contributed by atoms with Gasteiger partial charge in [-0.3, -0.25) is 4.79 Å². The molecule has 33 heavy (non-hydrogen) atoms. The summed E-state index contributed by atoms with van der Waals surface area (Å²) >= 11 is 4.69. The van der Waals surface area contributed by atoms with Crippen LogP contribution in [0, 0.1) is 5.92 Å². The van der Waals surface area contributed by atoms with Gasteiger partial charge in [-0.1, -0.05) is 25.0 Å². The van der Waals surface area contributed by atoms with Crippen molar-refractivity contribution < 1.29 is 28.6 Å². The lowest BCUT2D eigenvalue weighted by molar-refractivity contribution is -0.157. The van der Waals surface area contributed by atoms with Crippen molar-refractivity contribution in [3.05, 3.63) is 33.6 Å². The maximum atomic E-state index is 12.5. The molecule has 9 heteroatoms. The van der Waals surface area contributed by atoms with Gasteiger partial charge in [0, 0.05) is 11.6 Å². The van der Waals surface area contributed by atoms with E-state index in [0.29, 0.717) is 15.0 Å². The summed E-state index contributed by atoms with van der Waals surface area (Å²) in [5, 5.41) is 3.00. The van der Waals surface area contributed by atoms with Gasteiger partial charge in [-0.25, -0.2) is 9.59 Å². The number of thiophene rings is 1. The summed E-state index contributed by atoms with van der Waals surface area (Å²) in [6.07, 6.45) is 4.01. The molecule has 3 rings (SSSR count). The van der Waals surface area contributed by atoms with E-state index >= 15 is 0 Å². The summed E-state index contributed by atoms with van der Waals surface area (Å²) in [7, 11) is 1.28. The summed E-state index contributed by atoms with van der Waals surface area (Å²) in [5.41, 5.74) is 0.820. The van der Waals surface area contributed by atoms with Gasteiger partial charge in [-0.2, -0.15) is 0 Å². The van der Waals surface area contributed by atoms with E-state index in [1.165, 1.54) is 18.4 Å². The third-order valence-electron chi connectivity index (χ3n) is 5.05. The molecule has 0 atom stereocenters. The maximum absolute atomic E-state index is 12.5. The van der Waals surface area contributed by atoms with Gasteiger partial charge in [0.2, 0.25) is 5.91 Å². The third kappa shape index (κ3) is 6.57. The fourth-order valence-corrected chi connectivity index (χ4v) is 5.58. The molecule has 1 N–H and O–H groups in total. The summed E-state index contributed by atoms with van der Waals surface area (Å²) < 4.78 is 16.4. The van der Waals surface area contributed by atoms with Crippen molar-refractivity contribution in [1.29, 1.82) is 0 Å². The zero-order valence-electron chi connectivity index (χ0n) is 19.2. The third-order valence-corrected chi connectivity index (χ3v) is 7.27. The Bertz CT molecular complexity index is 1040. The molecule has 1 aromatic heterocycles. The van der Waals surface area contributed by atoms with E-state index < -0.39 is 17.5 Å². The minimum absolute atomic E-state index is 0.0338. The largest absolute Gasteiger partial charge is 0.479 e. The molecule has 0 aliphatic heterocycles. The fourth-order valence-electron chi connectivity index (χ4n) is 3.61. The van der Waals surface area contributed by atoms with Crippen LogP contribution in [-0.2, 0) is 19.1 Å². The SMILES string of the molecule is COC(=O)c1sc(-c2cccc(NC(=O)C3CCCC3)c2)c(Br)c1OCC(=O)OC(C)(C)C. The Morgan fingerprint density at radius 2 is 1.88 bits per heavy atom. The molecule has 1 heterocycles. The number of halogens is 1. The summed E-state index contributed by atoms with van der Waals surface area (Å²) in [4.78, 5) is 38.0. The number of rotatable bonds is 7. The number of methoxy groups -OCH3 is 1. The van der Waals surface area contributed by atoms with Gasteiger partial charge in [0.15, 0.2) is 17.2 Å². The first-order chi connectivity index (χ1) is 15.6. The van der Waals surface area contributed by atoms with Gasteiger partial charge in [0.05, 0.1) is 16.5 Å². The lowest BCUT2D eigenvalue weighted by Gasteiger charge is -2.19. The van der Waals surface area contributed by atoms with E-state index in [4.69, 9.17) is 14.2 Å². The molecule has 0 bridgehead atoms. The van der Waals surface area contributed by atoms with Crippen molar-refractivity contribution in [3.63, 3.8) is 0 Å². The van der Waals surface area contributed by atoms with Crippen molar-refractivity contribution in [2.24, 2.45) is 5.92 Å². The smallest absolute Gasteiger partial charge is 0.351 e. The number of hydrogen-bond acceptors (Lipinski definition) is 7. The number of ether oxygens (including phenoxy) is 3. The molecule has 0 radical (unpaired) electrons. The molecule has 1 amide bonds. The first-order valence-electron chi connectivity index (χ1n) is 10.8. The van der Waals surface area contributed by atoms with Crippen LogP contribution in [0.1, 0.15) is 56.1 Å². The fraction of sp³-hybridized carbons (Fsp3) is 0.458. The lowest BCUT2D eigenvalue weighted by atomic mass is 10.1. The number of esters is 2. The van der Waals surface area contributed by atoms with E-state index in [0.717, 1.165) is 31.2 Å². The number of carbonyl (C=O) groups is 3. The monoisotopic (exact) mass is 537 g/mol. The molecule has 1 saturated carbocycles. The number of anilines is 1. The van der Waals surface area contributed by atoms with E-state index in [1.807, 2.05) is 24.3 Å². The van der Waals surface area contributed by atoms with Crippen molar-refractivity contribution >= 4 is 50.8 Å². The number of amides is 1. The molecule has 1 aromatic carbocycles. The molecule has 0 saturated heterocycles. The van der Waals surface area contributed by atoms with Gasteiger partial charge in [0.25, 0.3) is 0 Å². The second-order valence-electron chi connectivity index (χ2n) is 8.82. The minimum Gasteiger partial charge on any atom is -0.479 e. The predicted molar refractivity (Wildman–Crippen MR) is 131 cm³/mol. The van der Waals surface area contributed by atoms with Crippen LogP contribution in [0.15, 0.2) is 28.7 Å². The van der Waals surface area contributed by atoms with Gasteiger partial charge >= 0.3 is 11.9 Å². The Labute approximate surface area is 205 Å². The Morgan fingerprint density at radius 1 is 1.18 bits per heavy atom. The first-order valence-corrected chi connectivity index (χ1v) is 12.4. The molecular weight excluding hydrogens is 510 g/mol. The van der Waals surface area contributed by atoms with Crippen LogP contribution in [0.25, 0.3) is 10.4 Å². The normalized spacial score (nSPS) is 14.1. The molecular formula is C24H28BrNO6S. The first kappa shape index (κ1) is 25.2. The predicted octanol–water partition coefficient (Wildman–Crippen LogP) is 5.81. The van der Waals surface area contributed by atoms with Crippen LogP contribution in [0.5, 0.6) is 5.75 Å². The second-order valence-corrected chi connectivity index (χ2v) is 10.6. The topological polar surface area (TPSA) is 90.9 Å². The molecule has 1 fully saturated rings. The Morgan fingerprint density at radius 3 is 2.52 bits per heavy atom. The van der Waals surface area contributed by atoms with Gasteiger partial charge in [-0.05, 0) is 67.2 Å². The Kier molecular flexibility index (Phi) is 8.18. The van der Waals surface area contributed by atoms with Crippen LogP contribution < -0.4 is 10.1 Å². The maximum Gasteiger partial charge on any atom is 0.351 e. The van der Waals surface area contributed by atoms with Crippen LogP contribution in [0.4, 0.5) is 5.69 Å². The van der Waals surface area contributed by atoms with Gasteiger partial charge in [-0.15, -0.1) is 11.3 Å². The highest BCUT2D eigenvalue weighted by Gasteiger charge is 2.27. The van der Waals surface area contributed by atoms with Gasteiger partial charge in [0.1, 0.15) is 5.60 Å². The molecule has 178 valence electrons. The van der Waals surface area contributed by atoms with Crippen LogP contribution in [0.3, 0.4) is 0 Å². The van der Waals surface area contributed by atoms with Crippen molar-refractivity contribution in [2.75, 3.05) is 19.0 Å². The van der Waals surface area contributed by atoms with E-state index in [9.17, 15) is 14.4 Å². The molecule has 7 nitrogen and oxygen atoms in total. The second kappa shape index (κ2) is 10.7. The number of benzene rings is 1. The van der Waals surface area contributed by atoms with E-state index in [-0.39, 0.29) is 29.1 Å². The highest BCUT2D eigenvalue weighted by Crippen LogP contribution is 2.46. The molecule has 1 aliphatic carbocycles. The molecule has 0 spiro atoms. The zero-order valence-corrected chi connectivity index (χ0v) is 21.6. The summed E-state index contributed by atoms with van der Waals surface area (Å²) in [6.45, 7) is 4.94. The summed E-state index contributed by atoms with van der Waals surface area (Å²) in [5.74, 6) is -0.813. The van der Waals surface area contributed by atoms with Crippen molar-refractivity contribution in [1.82, 2.24) is 0 Å². The molecule has 2 aromatic rings. The van der Waals surface area contributed by atoms with Crippen LogP contribution >= 0.6 is 27.3 Å². The average Bonchev–Trinajstić information content (AvgIpc) is 3.39. The molecule has 0 unspecified atom stereocenters. The average molecular weight is 538 g/mol.